The molecule has 0 radical (unpaired) electrons. The van der Waals surface area contributed by atoms with Crippen molar-refractivity contribution < 1.29 is 9.21 Å². The lowest BCUT2D eigenvalue weighted by Gasteiger charge is -2.37. The van der Waals surface area contributed by atoms with E-state index >= 15 is 0 Å². The van der Waals surface area contributed by atoms with Crippen molar-refractivity contribution in [1.29, 1.82) is 0 Å². The van der Waals surface area contributed by atoms with Gasteiger partial charge >= 0.3 is 0 Å². The molecule has 33 heavy (non-hydrogen) atoms. The Kier molecular flexibility index (Phi) is 5.62. The number of rotatable bonds is 5. The Hall–Kier alpha value is -3.26. The van der Waals surface area contributed by atoms with Gasteiger partial charge in [0.1, 0.15) is 11.3 Å². The van der Waals surface area contributed by atoms with Crippen LogP contribution in [-0.4, -0.2) is 51.2 Å². The van der Waals surface area contributed by atoms with E-state index in [1.807, 2.05) is 40.5 Å². The Bertz CT molecular complexity index is 1390. The zero-order valence-electron chi connectivity index (χ0n) is 18.8. The molecule has 8 nitrogen and oxygen atoms in total. The Morgan fingerprint density at radius 2 is 1.88 bits per heavy atom. The second-order valence-electron chi connectivity index (χ2n) is 8.51. The highest BCUT2D eigenvalue weighted by Crippen LogP contribution is 2.25. The van der Waals surface area contributed by atoms with Crippen LogP contribution in [0.3, 0.4) is 0 Å². The minimum Gasteiger partial charge on any atom is -0.463 e. The van der Waals surface area contributed by atoms with Crippen LogP contribution in [0.5, 0.6) is 0 Å². The molecular weight excluding hydrogens is 442 g/mol. The number of nitrogens with zero attached hydrogens (tertiary/aromatic N) is 5. The van der Waals surface area contributed by atoms with Gasteiger partial charge in [0.25, 0.3) is 5.56 Å². The maximum atomic E-state index is 12.9. The summed E-state index contributed by atoms with van der Waals surface area (Å²) in [6, 6.07) is 9.48. The first kappa shape index (κ1) is 21.6. The minimum absolute atomic E-state index is 0.114. The molecule has 1 fully saturated rings. The monoisotopic (exact) mass is 467 g/mol. The number of carbonyl (C=O) groups excluding carboxylic acids is 1. The zero-order chi connectivity index (χ0) is 23.1. The molecule has 1 aromatic carbocycles. The topological polar surface area (TPSA) is 76.0 Å². The van der Waals surface area contributed by atoms with Gasteiger partial charge in [-0.2, -0.15) is 5.10 Å². The highest BCUT2D eigenvalue weighted by Gasteiger charge is 2.22. The maximum absolute atomic E-state index is 12.9. The molecule has 0 spiro atoms. The van der Waals surface area contributed by atoms with Gasteiger partial charge < -0.3 is 14.2 Å². The van der Waals surface area contributed by atoms with Crippen LogP contribution in [0.2, 0.25) is 5.02 Å². The molecule has 0 aliphatic carbocycles. The molecule has 5 rings (SSSR count). The third kappa shape index (κ3) is 3.99. The maximum Gasteiger partial charge on any atom is 0.291 e. The number of hydrogen-bond acceptors (Lipinski definition) is 5. The molecule has 0 bridgehead atoms. The highest BCUT2D eigenvalue weighted by atomic mass is 35.5. The van der Waals surface area contributed by atoms with E-state index in [0.29, 0.717) is 49.4 Å². The number of furan rings is 1. The molecule has 172 valence electrons. The molecule has 1 aliphatic rings. The molecule has 1 saturated heterocycles. The zero-order valence-corrected chi connectivity index (χ0v) is 19.5. The normalized spacial score (nSPS) is 14.5. The Labute approximate surface area is 195 Å². The van der Waals surface area contributed by atoms with Crippen LogP contribution in [0.25, 0.3) is 16.6 Å². The van der Waals surface area contributed by atoms with E-state index in [1.54, 1.807) is 12.3 Å². The Balaban J connectivity index is 1.19. The predicted molar refractivity (Wildman–Crippen MR) is 128 cm³/mol. The molecule has 0 N–H and O–H groups in total. The Morgan fingerprint density at radius 1 is 1.09 bits per heavy atom. The van der Waals surface area contributed by atoms with Gasteiger partial charge in [0.2, 0.25) is 5.91 Å². The molecular formula is C24H26ClN5O3. The second kappa shape index (κ2) is 8.59. The van der Waals surface area contributed by atoms with Crippen molar-refractivity contribution in [1.82, 2.24) is 19.1 Å². The van der Waals surface area contributed by atoms with Gasteiger partial charge in [-0.1, -0.05) is 17.7 Å². The molecule has 1 aliphatic heterocycles. The fourth-order valence-corrected chi connectivity index (χ4v) is 4.80. The first-order chi connectivity index (χ1) is 15.9. The summed E-state index contributed by atoms with van der Waals surface area (Å²) in [6.07, 6.45) is 2.55. The van der Waals surface area contributed by atoms with Crippen LogP contribution >= 0.6 is 11.6 Å². The van der Waals surface area contributed by atoms with E-state index in [1.165, 1.54) is 10.2 Å². The number of fused-ring (bicyclic) bond motifs is 3. The van der Waals surface area contributed by atoms with Gasteiger partial charge in [-0.25, -0.2) is 4.68 Å². The molecule has 1 amide bonds. The summed E-state index contributed by atoms with van der Waals surface area (Å²) >= 11 is 6.16. The average Bonchev–Trinajstić information content (AvgIpc) is 3.40. The van der Waals surface area contributed by atoms with E-state index < -0.39 is 0 Å². The van der Waals surface area contributed by atoms with Crippen LogP contribution in [0.1, 0.15) is 24.2 Å². The first-order valence-corrected chi connectivity index (χ1v) is 11.6. The van der Waals surface area contributed by atoms with Crippen molar-refractivity contribution >= 4 is 39.8 Å². The number of piperazine rings is 1. The number of aryl methyl sites for hydroxylation is 3. The van der Waals surface area contributed by atoms with E-state index in [2.05, 4.69) is 16.9 Å². The molecule has 0 unspecified atom stereocenters. The molecule has 4 aromatic rings. The lowest BCUT2D eigenvalue weighted by atomic mass is 10.1. The number of hydrogen-bond donors (Lipinski definition) is 0. The summed E-state index contributed by atoms with van der Waals surface area (Å²) in [7, 11) is 0. The Morgan fingerprint density at radius 3 is 2.67 bits per heavy atom. The summed E-state index contributed by atoms with van der Waals surface area (Å²) in [5, 5.41) is 5.18. The number of aromatic nitrogens is 3. The van der Waals surface area contributed by atoms with Crippen molar-refractivity contribution in [3.05, 3.63) is 63.4 Å². The van der Waals surface area contributed by atoms with E-state index in [4.69, 9.17) is 16.0 Å². The van der Waals surface area contributed by atoms with Gasteiger partial charge in [-0.15, -0.1) is 0 Å². The summed E-state index contributed by atoms with van der Waals surface area (Å²) in [4.78, 5) is 29.8. The lowest BCUT2D eigenvalue weighted by molar-refractivity contribution is -0.131. The highest BCUT2D eigenvalue weighted by molar-refractivity contribution is 6.30. The number of amides is 1. The summed E-state index contributed by atoms with van der Waals surface area (Å²) < 4.78 is 8.69. The van der Waals surface area contributed by atoms with Crippen molar-refractivity contribution in [2.75, 3.05) is 31.1 Å². The van der Waals surface area contributed by atoms with E-state index in [9.17, 15) is 9.59 Å². The third-order valence-electron chi connectivity index (χ3n) is 6.37. The number of carbonyl (C=O) groups is 1. The van der Waals surface area contributed by atoms with Crippen LogP contribution in [-0.2, 0) is 11.3 Å². The number of halogens is 1. The van der Waals surface area contributed by atoms with Gasteiger partial charge in [-0.05, 0) is 38.0 Å². The van der Waals surface area contributed by atoms with Gasteiger partial charge in [0, 0.05) is 62.0 Å². The largest absolute Gasteiger partial charge is 0.463 e. The van der Waals surface area contributed by atoms with E-state index in [0.717, 1.165) is 29.3 Å². The number of anilines is 1. The van der Waals surface area contributed by atoms with Crippen molar-refractivity contribution in [3.8, 4) is 0 Å². The molecule has 0 atom stereocenters. The van der Waals surface area contributed by atoms with Crippen LogP contribution in [0.4, 0.5) is 5.69 Å². The SMILES string of the molecule is Cc1ccc(Cl)cc1N1CCN(C(=O)CCCn2nc(C)n3c(cc4occc43)c2=O)CC1. The fraction of sp³-hybridized carbons (Fsp3) is 0.375. The smallest absolute Gasteiger partial charge is 0.291 e. The lowest BCUT2D eigenvalue weighted by Crippen LogP contribution is -2.49. The summed E-state index contributed by atoms with van der Waals surface area (Å²) in [6.45, 7) is 7.24. The van der Waals surface area contributed by atoms with Gasteiger partial charge in [0.15, 0.2) is 5.58 Å². The van der Waals surface area contributed by atoms with Crippen LogP contribution in [0.15, 0.2) is 45.8 Å². The minimum atomic E-state index is -0.176. The van der Waals surface area contributed by atoms with Gasteiger partial charge in [-0.3, -0.25) is 14.0 Å². The third-order valence-corrected chi connectivity index (χ3v) is 6.61. The average molecular weight is 468 g/mol. The molecule has 0 saturated carbocycles. The van der Waals surface area contributed by atoms with E-state index in [-0.39, 0.29) is 11.5 Å². The predicted octanol–water partition coefficient (Wildman–Crippen LogP) is 3.64. The second-order valence-corrected chi connectivity index (χ2v) is 8.95. The summed E-state index contributed by atoms with van der Waals surface area (Å²) in [5.41, 5.74) is 4.17. The van der Waals surface area contributed by atoms with Crippen LogP contribution < -0.4 is 10.5 Å². The summed E-state index contributed by atoms with van der Waals surface area (Å²) in [5.74, 6) is 0.822. The standard InChI is InChI=1S/C24H26ClN5O3/c1-16-5-6-18(25)14-20(16)27-9-11-28(12-10-27)23(31)4-3-8-29-24(32)21-15-22-19(7-13-33-22)30(21)17(2)26-29/h5-7,13-15H,3-4,8-12H2,1-2H3. The first-order valence-electron chi connectivity index (χ1n) is 11.2. The van der Waals surface area contributed by atoms with Crippen molar-refractivity contribution in [2.45, 2.75) is 33.2 Å². The van der Waals surface area contributed by atoms with Gasteiger partial charge in [0.05, 0.1) is 11.8 Å². The molecule has 3 aromatic heterocycles. The molecule has 9 heteroatoms. The van der Waals surface area contributed by atoms with Crippen molar-refractivity contribution in [2.24, 2.45) is 0 Å². The number of benzene rings is 1. The quantitative estimate of drug-likeness (QED) is 0.448. The van der Waals surface area contributed by atoms with Crippen LogP contribution in [0, 0.1) is 13.8 Å². The molecule has 4 heterocycles. The van der Waals surface area contributed by atoms with Crippen molar-refractivity contribution in [3.63, 3.8) is 0 Å². The fourth-order valence-electron chi connectivity index (χ4n) is 4.64.